The second kappa shape index (κ2) is 7.16. The topological polar surface area (TPSA) is 87.6 Å². The molecule has 0 aliphatic carbocycles. The van der Waals surface area contributed by atoms with Gasteiger partial charge in [0.05, 0.1) is 12.8 Å². The van der Waals surface area contributed by atoms with Gasteiger partial charge in [-0.15, -0.1) is 0 Å². The van der Waals surface area contributed by atoms with Crippen molar-refractivity contribution in [3.05, 3.63) is 36.8 Å². The maximum Gasteiger partial charge on any atom is 0.407 e. The van der Waals surface area contributed by atoms with Crippen LogP contribution in [0.4, 0.5) is 10.5 Å². The highest BCUT2D eigenvalue weighted by Gasteiger charge is 2.24. The van der Waals surface area contributed by atoms with Crippen LogP contribution in [-0.4, -0.2) is 52.3 Å². The van der Waals surface area contributed by atoms with Crippen molar-refractivity contribution in [3.63, 3.8) is 0 Å². The molecule has 7 heteroatoms. The fraction of sp³-hybridized carbons (Fsp3) is 0.353. The Labute approximate surface area is 140 Å². The lowest BCUT2D eigenvalue weighted by Gasteiger charge is -2.32. The third-order valence-electron chi connectivity index (χ3n) is 4.11. The second-order valence-corrected chi connectivity index (χ2v) is 5.73. The highest BCUT2D eigenvalue weighted by atomic mass is 16.5. The summed E-state index contributed by atoms with van der Waals surface area (Å²) in [5.41, 5.74) is 2.73. The van der Waals surface area contributed by atoms with E-state index in [1.54, 1.807) is 25.7 Å². The molecule has 0 radical (unpaired) electrons. The van der Waals surface area contributed by atoms with Crippen LogP contribution >= 0.6 is 0 Å². The lowest BCUT2D eigenvalue weighted by Crippen LogP contribution is -2.44. The molecule has 0 saturated carbocycles. The number of likely N-dealkylation sites (tertiary alicyclic amines) is 1. The lowest BCUT2D eigenvalue weighted by molar-refractivity contribution is 0.133. The largest absolute Gasteiger partial charge is 0.480 e. The molecular formula is C17H20N4O3. The number of ether oxygens (including phenoxy) is 1. The van der Waals surface area contributed by atoms with Crippen molar-refractivity contribution in [1.29, 1.82) is 0 Å². The molecule has 24 heavy (non-hydrogen) atoms. The van der Waals surface area contributed by atoms with Crippen molar-refractivity contribution in [2.75, 3.05) is 25.5 Å². The summed E-state index contributed by atoms with van der Waals surface area (Å²) < 4.78 is 5.34. The Morgan fingerprint density at radius 3 is 2.88 bits per heavy atom. The number of aromatic nitrogens is 2. The molecule has 1 fully saturated rings. The number of piperidine rings is 1. The summed E-state index contributed by atoms with van der Waals surface area (Å²) in [6, 6.07) is 5.85. The van der Waals surface area contributed by atoms with Gasteiger partial charge >= 0.3 is 6.09 Å². The Morgan fingerprint density at radius 2 is 2.17 bits per heavy atom. The number of nitrogens with zero attached hydrogens (tertiary/aromatic N) is 3. The van der Waals surface area contributed by atoms with Crippen LogP contribution in [-0.2, 0) is 0 Å². The molecule has 0 bridgehead atoms. The fourth-order valence-electron chi connectivity index (χ4n) is 2.91. The number of nitrogens with one attached hydrogen (secondary N) is 1. The molecule has 1 saturated heterocycles. The first-order valence-corrected chi connectivity index (χ1v) is 7.86. The van der Waals surface area contributed by atoms with E-state index in [-0.39, 0.29) is 6.04 Å². The van der Waals surface area contributed by atoms with Crippen molar-refractivity contribution in [2.24, 2.45) is 0 Å². The highest BCUT2D eigenvalue weighted by molar-refractivity contribution is 5.69. The minimum absolute atomic E-state index is 0.0400. The molecule has 126 valence electrons. The molecule has 3 heterocycles. The van der Waals surface area contributed by atoms with Gasteiger partial charge in [-0.05, 0) is 36.6 Å². The van der Waals surface area contributed by atoms with Gasteiger partial charge in [0.1, 0.15) is 0 Å². The Hall–Kier alpha value is -2.83. The standard InChI is InChI=1S/C17H20N4O3/c1-24-16-15(20-14-3-2-8-21(11-14)17(22)23)9-13(10-19-16)12-4-6-18-7-5-12/h4-7,9-10,14,20H,2-3,8,11H2,1H3,(H,22,23). The average molecular weight is 328 g/mol. The second-order valence-electron chi connectivity index (χ2n) is 5.73. The van der Waals surface area contributed by atoms with E-state index < -0.39 is 6.09 Å². The first kappa shape index (κ1) is 16.0. The van der Waals surface area contributed by atoms with Crippen LogP contribution in [0.5, 0.6) is 5.88 Å². The summed E-state index contributed by atoms with van der Waals surface area (Å²) in [7, 11) is 1.57. The molecule has 3 rings (SSSR count). The van der Waals surface area contributed by atoms with Crippen LogP contribution < -0.4 is 10.1 Å². The summed E-state index contributed by atoms with van der Waals surface area (Å²) in [4.78, 5) is 21.0. The van der Waals surface area contributed by atoms with Crippen molar-refractivity contribution in [1.82, 2.24) is 14.9 Å². The number of anilines is 1. The zero-order valence-electron chi connectivity index (χ0n) is 13.5. The highest BCUT2D eigenvalue weighted by Crippen LogP contribution is 2.29. The number of methoxy groups -OCH3 is 1. The number of hydrogen-bond acceptors (Lipinski definition) is 5. The van der Waals surface area contributed by atoms with Crippen LogP contribution in [0.15, 0.2) is 36.8 Å². The number of carbonyl (C=O) groups is 1. The van der Waals surface area contributed by atoms with Crippen LogP contribution in [0.1, 0.15) is 12.8 Å². The predicted molar refractivity (Wildman–Crippen MR) is 90.3 cm³/mol. The van der Waals surface area contributed by atoms with Gasteiger partial charge < -0.3 is 20.1 Å². The minimum atomic E-state index is -0.878. The van der Waals surface area contributed by atoms with Crippen molar-refractivity contribution < 1.29 is 14.6 Å². The quantitative estimate of drug-likeness (QED) is 0.897. The van der Waals surface area contributed by atoms with Gasteiger partial charge in [0.2, 0.25) is 5.88 Å². The van der Waals surface area contributed by atoms with Gasteiger partial charge in [-0.2, -0.15) is 0 Å². The zero-order valence-corrected chi connectivity index (χ0v) is 13.5. The Morgan fingerprint density at radius 1 is 1.38 bits per heavy atom. The molecule has 7 nitrogen and oxygen atoms in total. The number of amides is 1. The summed E-state index contributed by atoms with van der Waals surface area (Å²) in [6.07, 6.45) is 6.09. The van der Waals surface area contributed by atoms with Gasteiger partial charge in [0, 0.05) is 43.3 Å². The predicted octanol–water partition coefficient (Wildman–Crippen LogP) is 2.71. The molecule has 2 N–H and O–H groups in total. The third kappa shape index (κ3) is 3.56. The van der Waals surface area contributed by atoms with Crippen LogP contribution in [0.3, 0.4) is 0 Å². The molecule has 1 unspecified atom stereocenters. The van der Waals surface area contributed by atoms with Crippen LogP contribution in [0, 0.1) is 0 Å². The van der Waals surface area contributed by atoms with E-state index in [1.165, 1.54) is 4.90 Å². The molecule has 0 spiro atoms. The molecular weight excluding hydrogens is 308 g/mol. The SMILES string of the molecule is COc1ncc(-c2ccncc2)cc1NC1CCCN(C(=O)O)C1. The van der Waals surface area contributed by atoms with Gasteiger partial charge in [-0.25, -0.2) is 9.78 Å². The van der Waals surface area contributed by atoms with Gasteiger partial charge in [0.25, 0.3) is 0 Å². The summed E-state index contributed by atoms with van der Waals surface area (Å²) >= 11 is 0. The number of carboxylic acid groups (broad SMARTS) is 1. The van der Waals surface area contributed by atoms with Crippen LogP contribution in [0.25, 0.3) is 11.1 Å². The Balaban J connectivity index is 1.82. The zero-order chi connectivity index (χ0) is 16.9. The van der Waals surface area contributed by atoms with E-state index in [0.29, 0.717) is 19.0 Å². The summed E-state index contributed by atoms with van der Waals surface area (Å²) in [6.45, 7) is 1.04. The Bertz CT molecular complexity index is 708. The van der Waals surface area contributed by atoms with E-state index in [0.717, 1.165) is 29.7 Å². The maximum atomic E-state index is 11.2. The number of hydrogen-bond donors (Lipinski definition) is 2. The summed E-state index contributed by atoms with van der Waals surface area (Å²) in [5, 5.41) is 12.6. The van der Waals surface area contributed by atoms with Crippen molar-refractivity contribution in [2.45, 2.75) is 18.9 Å². The lowest BCUT2D eigenvalue weighted by atomic mass is 10.0. The molecule has 2 aromatic heterocycles. The van der Waals surface area contributed by atoms with E-state index in [4.69, 9.17) is 4.74 Å². The van der Waals surface area contributed by atoms with Gasteiger partial charge in [0.15, 0.2) is 0 Å². The first-order valence-electron chi connectivity index (χ1n) is 7.86. The van der Waals surface area contributed by atoms with E-state index >= 15 is 0 Å². The molecule has 2 aromatic rings. The average Bonchev–Trinajstić information content (AvgIpc) is 2.62. The van der Waals surface area contributed by atoms with E-state index in [1.807, 2.05) is 18.2 Å². The van der Waals surface area contributed by atoms with Crippen molar-refractivity contribution >= 4 is 11.8 Å². The third-order valence-corrected chi connectivity index (χ3v) is 4.11. The monoisotopic (exact) mass is 328 g/mol. The molecule has 1 aliphatic heterocycles. The molecule has 1 aliphatic rings. The normalized spacial score (nSPS) is 17.4. The fourth-order valence-corrected chi connectivity index (χ4v) is 2.91. The smallest absolute Gasteiger partial charge is 0.407 e. The first-order chi connectivity index (χ1) is 11.7. The molecule has 1 amide bonds. The molecule has 0 aromatic carbocycles. The maximum absolute atomic E-state index is 11.2. The minimum Gasteiger partial charge on any atom is -0.480 e. The van der Waals surface area contributed by atoms with Crippen molar-refractivity contribution in [3.8, 4) is 17.0 Å². The van der Waals surface area contributed by atoms with Gasteiger partial charge in [-0.3, -0.25) is 4.98 Å². The van der Waals surface area contributed by atoms with E-state index in [9.17, 15) is 9.90 Å². The number of pyridine rings is 2. The number of rotatable bonds is 4. The Kier molecular flexibility index (Phi) is 4.79. The van der Waals surface area contributed by atoms with Gasteiger partial charge in [-0.1, -0.05) is 0 Å². The summed E-state index contributed by atoms with van der Waals surface area (Å²) in [5.74, 6) is 0.500. The van der Waals surface area contributed by atoms with Crippen LogP contribution in [0.2, 0.25) is 0 Å². The van der Waals surface area contributed by atoms with E-state index in [2.05, 4.69) is 15.3 Å². The molecule has 1 atom stereocenters.